The molecule has 5 N–H and O–H groups in total. The minimum absolute atomic E-state index is 0.0119. The summed E-state index contributed by atoms with van der Waals surface area (Å²) in [7, 11) is 0. The summed E-state index contributed by atoms with van der Waals surface area (Å²) in [5, 5.41) is 22.4. The van der Waals surface area contributed by atoms with Crippen LogP contribution in [0.15, 0.2) is 12.1 Å². The molecule has 1 atom stereocenters. The third-order valence-electron chi connectivity index (χ3n) is 4.62. The summed E-state index contributed by atoms with van der Waals surface area (Å²) in [6.07, 6.45) is 1.72. The summed E-state index contributed by atoms with van der Waals surface area (Å²) < 4.78 is 10.8. The number of hydrogen-bond donors (Lipinski definition) is 4. The number of carboxylic acids is 1. The lowest BCUT2D eigenvalue weighted by molar-refractivity contribution is -0.141. The number of aromatic hydroxyl groups is 1. The van der Waals surface area contributed by atoms with Crippen LogP contribution in [-0.4, -0.2) is 57.8 Å². The average molecular weight is 495 g/mol. The highest BCUT2D eigenvalue weighted by Crippen LogP contribution is 2.28. The highest BCUT2D eigenvalue weighted by Gasteiger charge is 2.31. The molecule has 0 unspecified atom stereocenters. The summed E-state index contributed by atoms with van der Waals surface area (Å²) in [5.74, 6) is -3.94. The minimum atomic E-state index is -1.44. The molecule has 1 aromatic carbocycles. The second kappa shape index (κ2) is 12.5. The predicted molar refractivity (Wildman–Crippen MR) is 129 cm³/mol. The van der Waals surface area contributed by atoms with Gasteiger partial charge in [-0.1, -0.05) is 6.42 Å². The number of carbonyl (C=O) groups excluding carboxylic acids is 3. The van der Waals surface area contributed by atoms with Gasteiger partial charge in [-0.05, 0) is 78.6 Å². The maximum atomic E-state index is 12.9. The van der Waals surface area contributed by atoms with Gasteiger partial charge in [-0.2, -0.15) is 0 Å². The number of carboxylic acid groups (broad SMARTS) is 1. The normalized spacial score (nSPS) is 12.5. The van der Waals surface area contributed by atoms with E-state index in [0.29, 0.717) is 13.0 Å². The molecule has 35 heavy (non-hydrogen) atoms. The van der Waals surface area contributed by atoms with E-state index < -0.39 is 53.2 Å². The fourth-order valence-corrected chi connectivity index (χ4v) is 3.18. The molecule has 0 saturated heterocycles. The van der Waals surface area contributed by atoms with Gasteiger partial charge in [-0.15, -0.1) is 0 Å². The van der Waals surface area contributed by atoms with Crippen LogP contribution < -0.4 is 11.1 Å². The van der Waals surface area contributed by atoms with Crippen LogP contribution in [0.3, 0.4) is 0 Å². The van der Waals surface area contributed by atoms with E-state index in [1.165, 1.54) is 0 Å². The van der Waals surface area contributed by atoms with Crippen molar-refractivity contribution >= 4 is 23.8 Å². The molecule has 0 aliphatic rings. The molecule has 0 radical (unpaired) electrons. The Labute approximate surface area is 206 Å². The molecule has 1 rings (SSSR count). The number of nitrogens with two attached hydrogens (primary N) is 1. The second-order valence-corrected chi connectivity index (χ2v) is 10.3. The molecule has 0 aromatic heterocycles. The molecule has 10 nitrogen and oxygen atoms in total. The number of phenolic OH excluding ortho intramolecular Hbond substituents is 1. The van der Waals surface area contributed by atoms with E-state index in [9.17, 15) is 29.4 Å². The van der Waals surface area contributed by atoms with Crippen molar-refractivity contribution in [3.05, 3.63) is 28.8 Å². The molecule has 0 saturated carbocycles. The Morgan fingerprint density at radius 3 is 1.80 bits per heavy atom. The van der Waals surface area contributed by atoms with Crippen molar-refractivity contribution < 1.29 is 38.9 Å². The van der Waals surface area contributed by atoms with Crippen LogP contribution in [0.4, 0.5) is 0 Å². The van der Waals surface area contributed by atoms with Gasteiger partial charge in [-0.25, -0.2) is 14.4 Å². The molecule has 0 heterocycles. The number of aliphatic carboxylic acids is 1. The quantitative estimate of drug-likeness (QED) is 0.267. The Morgan fingerprint density at radius 2 is 1.40 bits per heavy atom. The lowest BCUT2D eigenvalue weighted by atomic mass is 9.93. The summed E-state index contributed by atoms with van der Waals surface area (Å²) >= 11 is 0. The fourth-order valence-electron chi connectivity index (χ4n) is 3.18. The first kappa shape index (κ1) is 29.9. The van der Waals surface area contributed by atoms with Crippen LogP contribution in [0, 0.1) is 0 Å². The smallest absolute Gasteiger partial charge is 0.339 e. The molecule has 0 aliphatic carbocycles. The van der Waals surface area contributed by atoms with Crippen LogP contribution in [0.1, 0.15) is 93.5 Å². The van der Waals surface area contributed by atoms with Crippen LogP contribution in [0.5, 0.6) is 5.75 Å². The third-order valence-corrected chi connectivity index (χ3v) is 4.62. The Bertz CT molecular complexity index is 879. The summed E-state index contributed by atoms with van der Waals surface area (Å²) in [4.78, 5) is 50.2. The summed E-state index contributed by atoms with van der Waals surface area (Å²) in [6.45, 7) is 10.4. The van der Waals surface area contributed by atoms with Crippen molar-refractivity contribution in [1.82, 2.24) is 5.32 Å². The zero-order valence-electron chi connectivity index (χ0n) is 21.4. The van der Waals surface area contributed by atoms with E-state index in [4.69, 9.17) is 15.2 Å². The fraction of sp³-hybridized carbons (Fsp3) is 0.600. The number of esters is 2. The lowest BCUT2D eigenvalue weighted by Gasteiger charge is -2.24. The van der Waals surface area contributed by atoms with Crippen LogP contribution in [0.25, 0.3) is 0 Å². The van der Waals surface area contributed by atoms with Gasteiger partial charge in [0.1, 0.15) is 23.0 Å². The molecular formula is C25H38N2O8. The molecule has 196 valence electrons. The highest BCUT2D eigenvalue weighted by atomic mass is 16.6. The predicted octanol–water partition coefficient (Wildman–Crippen LogP) is 2.93. The number of rotatable bonds is 11. The van der Waals surface area contributed by atoms with Gasteiger partial charge in [0.2, 0.25) is 5.91 Å². The van der Waals surface area contributed by atoms with E-state index in [2.05, 4.69) is 5.32 Å². The first-order valence-corrected chi connectivity index (χ1v) is 11.6. The number of hydrogen-bond acceptors (Lipinski definition) is 8. The largest absolute Gasteiger partial charge is 0.508 e. The van der Waals surface area contributed by atoms with E-state index in [1.807, 2.05) is 0 Å². The van der Waals surface area contributed by atoms with Crippen molar-refractivity contribution in [3.63, 3.8) is 0 Å². The topological polar surface area (TPSA) is 165 Å². The maximum absolute atomic E-state index is 12.9. The molecule has 0 aliphatic heterocycles. The standard InChI is InChI=1S/C25H38N2O8/c1-24(2,3)34-22(32)17-12-15(28)13-18(23(33)35-25(4,5)6)16(17)14-19(21(30)31)27-20(29)10-8-7-9-11-26/h12-13,19,28H,7-11,14,26H2,1-6H3,(H,27,29)(H,30,31)/t19-/m0/s1. The van der Waals surface area contributed by atoms with Gasteiger partial charge in [0.25, 0.3) is 0 Å². The number of benzene rings is 1. The van der Waals surface area contributed by atoms with Crippen LogP contribution in [-0.2, 0) is 25.5 Å². The maximum Gasteiger partial charge on any atom is 0.339 e. The van der Waals surface area contributed by atoms with Gasteiger partial charge in [0.05, 0.1) is 11.1 Å². The van der Waals surface area contributed by atoms with E-state index in [0.717, 1.165) is 25.0 Å². The average Bonchev–Trinajstić information content (AvgIpc) is 2.68. The Hall–Kier alpha value is -3.14. The highest BCUT2D eigenvalue weighted by molar-refractivity contribution is 5.99. The van der Waals surface area contributed by atoms with Gasteiger partial charge < -0.3 is 30.7 Å². The molecule has 0 spiro atoms. The van der Waals surface area contributed by atoms with Crippen molar-refractivity contribution in [1.29, 1.82) is 0 Å². The minimum Gasteiger partial charge on any atom is -0.508 e. The lowest BCUT2D eigenvalue weighted by Crippen LogP contribution is -2.43. The van der Waals surface area contributed by atoms with Gasteiger partial charge >= 0.3 is 17.9 Å². The third kappa shape index (κ3) is 10.8. The molecule has 1 aromatic rings. The Balaban J connectivity index is 3.43. The number of ether oxygens (including phenoxy) is 2. The summed E-state index contributed by atoms with van der Waals surface area (Å²) in [6, 6.07) is 0.763. The zero-order chi connectivity index (χ0) is 27.0. The van der Waals surface area contributed by atoms with Crippen molar-refractivity contribution in [3.8, 4) is 5.75 Å². The first-order valence-electron chi connectivity index (χ1n) is 11.6. The molecule has 10 heteroatoms. The number of unbranched alkanes of at least 4 members (excludes halogenated alkanes) is 2. The van der Waals surface area contributed by atoms with Crippen LogP contribution >= 0.6 is 0 Å². The number of carbonyl (C=O) groups is 4. The molecule has 0 fully saturated rings. The van der Waals surface area contributed by atoms with Crippen LogP contribution in [0.2, 0.25) is 0 Å². The second-order valence-electron chi connectivity index (χ2n) is 10.3. The number of nitrogens with one attached hydrogen (secondary N) is 1. The monoisotopic (exact) mass is 494 g/mol. The summed E-state index contributed by atoms with van der Waals surface area (Å²) in [5.41, 5.74) is 3.27. The molecule has 0 bridgehead atoms. The first-order chi connectivity index (χ1) is 16.0. The van der Waals surface area contributed by atoms with E-state index >= 15 is 0 Å². The van der Waals surface area contributed by atoms with E-state index in [-0.39, 0.29) is 23.1 Å². The van der Waals surface area contributed by atoms with Gasteiger partial charge in [0, 0.05) is 12.8 Å². The molecular weight excluding hydrogens is 456 g/mol. The zero-order valence-corrected chi connectivity index (χ0v) is 21.4. The van der Waals surface area contributed by atoms with Gasteiger partial charge in [0.15, 0.2) is 0 Å². The molecule has 1 amide bonds. The number of amides is 1. The van der Waals surface area contributed by atoms with E-state index in [1.54, 1.807) is 41.5 Å². The van der Waals surface area contributed by atoms with Crippen molar-refractivity contribution in [2.45, 2.75) is 90.9 Å². The van der Waals surface area contributed by atoms with Crippen molar-refractivity contribution in [2.75, 3.05) is 6.54 Å². The number of phenols is 1. The SMILES string of the molecule is CC(C)(C)OC(=O)c1cc(O)cc(C(=O)OC(C)(C)C)c1C[C@H](NC(=O)CCCCCN)C(=O)O. The van der Waals surface area contributed by atoms with Gasteiger partial charge in [-0.3, -0.25) is 4.79 Å². The Kier molecular flexibility index (Phi) is 10.7. The Morgan fingerprint density at radius 1 is 0.914 bits per heavy atom. The van der Waals surface area contributed by atoms with Crippen molar-refractivity contribution in [2.24, 2.45) is 5.73 Å².